The SMILES string of the molecule is CCOC(=O)[C@]1(C)C=C(C(=O)OC)[C@H](c2ccc3ccccc3c2)N1. The number of nitrogens with one attached hydrogen (secondary N) is 1. The lowest BCUT2D eigenvalue weighted by atomic mass is 9.98. The first-order valence-corrected chi connectivity index (χ1v) is 8.23. The highest BCUT2D eigenvalue weighted by Gasteiger charge is 2.44. The smallest absolute Gasteiger partial charge is 0.335 e. The van der Waals surface area contributed by atoms with E-state index in [0.29, 0.717) is 5.57 Å². The Morgan fingerprint density at radius 1 is 1.16 bits per heavy atom. The quantitative estimate of drug-likeness (QED) is 0.868. The van der Waals surface area contributed by atoms with E-state index < -0.39 is 23.5 Å². The largest absolute Gasteiger partial charge is 0.466 e. The Bertz CT molecular complexity index is 858. The predicted molar refractivity (Wildman–Crippen MR) is 95.0 cm³/mol. The van der Waals surface area contributed by atoms with Crippen molar-refractivity contribution < 1.29 is 19.1 Å². The molecule has 0 aliphatic carbocycles. The number of benzene rings is 2. The molecule has 0 radical (unpaired) electrons. The van der Waals surface area contributed by atoms with Gasteiger partial charge in [-0.25, -0.2) is 9.59 Å². The van der Waals surface area contributed by atoms with E-state index in [0.717, 1.165) is 16.3 Å². The van der Waals surface area contributed by atoms with Crippen molar-refractivity contribution in [3.63, 3.8) is 0 Å². The highest BCUT2D eigenvalue weighted by Crippen LogP contribution is 2.35. The Labute approximate surface area is 146 Å². The van der Waals surface area contributed by atoms with Crippen molar-refractivity contribution in [2.75, 3.05) is 13.7 Å². The van der Waals surface area contributed by atoms with Gasteiger partial charge in [0.2, 0.25) is 0 Å². The lowest BCUT2D eigenvalue weighted by Gasteiger charge is -2.24. The molecule has 0 unspecified atom stereocenters. The van der Waals surface area contributed by atoms with Gasteiger partial charge in [0, 0.05) is 0 Å². The maximum absolute atomic E-state index is 12.3. The summed E-state index contributed by atoms with van der Waals surface area (Å²) in [5, 5.41) is 5.41. The Balaban J connectivity index is 2.02. The van der Waals surface area contributed by atoms with Crippen LogP contribution in [0.4, 0.5) is 0 Å². The number of methoxy groups -OCH3 is 1. The number of hydrogen-bond donors (Lipinski definition) is 1. The van der Waals surface area contributed by atoms with E-state index in [4.69, 9.17) is 9.47 Å². The van der Waals surface area contributed by atoms with E-state index in [2.05, 4.69) is 5.32 Å². The van der Waals surface area contributed by atoms with Gasteiger partial charge in [0.05, 0.1) is 25.3 Å². The third-order valence-electron chi connectivity index (χ3n) is 4.43. The highest BCUT2D eigenvalue weighted by atomic mass is 16.5. The molecule has 1 N–H and O–H groups in total. The van der Waals surface area contributed by atoms with Crippen LogP contribution in [0.1, 0.15) is 25.5 Å². The Kier molecular flexibility index (Phi) is 4.59. The summed E-state index contributed by atoms with van der Waals surface area (Å²) in [6, 6.07) is 13.5. The first kappa shape index (κ1) is 17.2. The van der Waals surface area contributed by atoms with Crippen LogP contribution in [0.5, 0.6) is 0 Å². The maximum Gasteiger partial charge on any atom is 0.335 e. The molecule has 130 valence electrons. The minimum absolute atomic E-state index is 0.276. The number of carbonyl (C=O) groups excluding carboxylic acids is 2. The van der Waals surface area contributed by atoms with Gasteiger partial charge in [0.15, 0.2) is 0 Å². The van der Waals surface area contributed by atoms with Crippen LogP contribution in [0.3, 0.4) is 0 Å². The zero-order chi connectivity index (χ0) is 18.0. The second kappa shape index (κ2) is 6.69. The van der Waals surface area contributed by atoms with Gasteiger partial charge in [-0.1, -0.05) is 36.4 Å². The van der Waals surface area contributed by atoms with Gasteiger partial charge in [-0.3, -0.25) is 5.32 Å². The van der Waals surface area contributed by atoms with Crippen LogP contribution in [0.2, 0.25) is 0 Å². The zero-order valence-electron chi connectivity index (χ0n) is 14.5. The fraction of sp³-hybridized carbons (Fsp3) is 0.300. The number of hydrogen-bond acceptors (Lipinski definition) is 5. The number of fused-ring (bicyclic) bond motifs is 1. The number of ether oxygens (including phenoxy) is 2. The van der Waals surface area contributed by atoms with Crippen molar-refractivity contribution in [1.29, 1.82) is 0 Å². The molecular formula is C20H21NO4. The first-order chi connectivity index (χ1) is 12.0. The van der Waals surface area contributed by atoms with Crippen molar-refractivity contribution in [2.24, 2.45) is 0 Å². The molecule has 0 aromatic heterocycles. The van der Waals surface area contributed by atoms with Crippen molar-refractivity contribution in [2.45, 2.75) is 25.4 Å². The van der Waals surface area contributed by atoms with E-state index >= 15 is 0 Å². The van der Waals surface area contributed by atoms with Gasteiger partial charge in [-0.2, -0.15) is 0 Å². The normalized spacial score (nSPS) is 22.5. The van der Waals surface area contributed by atoms with Crippen LogP contribution >= 0.6 is 0 Å². The summed E-state index contributed by atoms with van der Waals surface area (Å²) in [6.45, 7) is 3.73. The summed E-state index contributed by atoms with van der Waals surface area (Å²) in [5.74, 6) is -0.877. The van der Waals surface area contributed by atoms with Gasteiger partial charge in [0.25, 0.3) is 0 Å². The lowest BCUT2D eigenvalue weighted by Crippen LogP contribution is -2.46. The third-order valence-corrected chi connectivity index (χ3v) is 4.43. The Morgan fingerprint density at radius 2 is 1.88 bits per heavy atom. The standard InChI is InChI=1S/C20H21NO4/c1-4-25-19(23)20(2)12-16(18(22)24-3)17(21-20)15-10-9-13-7-5-6-8-14(13)11-15/h5-12,17,21H,4H2,1-3H3/t17-,20-/m0/s1. The topological polar surface area (TPSA) is 64.6 Å². The fourth-order valence-electron chi connectivity index (χ4n) is 3.16. The van der Waals surface area contributed by atoms with E-state index in [9.17, 15) is 9.59 Å². The summed E-state index contributed by atoms with van der Waals surface area (Å²) < 4.78 is 10.1. The van der Waals surface area contributed by atoms with E-state index in [1.165, 1.54) is 7.11 Å². The molecule has 5 nitrogen and oxygen atoms in total. The molecule has 0 saturated carbocycles. The van der Waals surface area contributed by atoms with Gasteiger partial charge >= 0.3 is 11.9 Å². The van der Waals surface area contributed by atoms with Crippen LogP contribution in [0.15, 0.2) is 54.1 Å². The van der Waals surface area contributed by atoms with E-state index in [1.807, 2.05) is 42.5 Å². The predicted octanol–water partition coefficient (Wildman–Crippen LogP) is 2.91. The molecule has 0 bridgehead atoms. The van der Waals surface area contributed by atoms with Gasteiger partial charge < -0.3 is 9.47 Å². The second-order valence-electron chi connectivity index (χ2n) is 6.20. The molecule has 1 aliphatic heterocycles. The molecule has 0 spiro atoms. The van der Waals surface area contributed by atoms with Crippen LogP contribution in [-0.4, -0.2) is 31.2 Å². The van der Waals surface area contributed by atoms with Gasteiger partial charge in [-0.15, -0.1) is 0 Å². The fourth-order valence-corrected chi connectivity index (χ4v) is 3.16. The van der Waals surface area contributed by atoms with E-state index in [1.54, 1.807) is 19.9 Å². The minimum Gasteiger partial charge on any atom is -0.466 e. The molecule has 2 aromatic carbocycles. The summed E-state index contributed by atoms with van der Waals surface area (Å²) >= 11 is 0. The summed E-state index contributed by atoms with van der Waals surface area (Å²) in [4.78, 5) is 24.6. The van der Waals surface area contributed by atoms with Gasteiger partial charge in [-0.05, 0) is 42.3 Å². The van der Waals surface area contributed by atoms with E-state index in [-0.39, 0.29) is 6.61 Å². The molecule has 1 aliphatic rings. The highest BCUT2D eigenvalue weighted by molar-refractivity contribution is 5.95. The molecule has 25 heavy (non-hydrogen) atoms. The summed E-state index contributed by atoms with van der Waals surface area (Å²) in [6.07, 6.45) is 1.61. The number of esters is 2. The Hall–Kier alpha value is -2.66. The molecule has 3 rings (SSSR count). The van der Waals surface area contributed by atoms with Crippen molar-refractivity contribution >= 4 is 22.7 Å². The van der Waals surface area contributed by atoms with Crippen molar-refractivity contribution in [1.82, 2.24) is 5.32 Å². The van der Waals surface area contributed by atoms with Crippen molar-refractivity contribution in [3.05, 3.63) is 59.7 Å². The molecule has 0 saturated heterocycles. The summed E-state index contributed by atoms with van der Waals surface area (Å²) in [7, 11) is 1.33. The molecule has 2 aromatic rings. The number of rotatable bonds is 4. The molecular weight excluding hydrogens is 318 g/mol. The first-order valence-electron chi connectivity index (χ1n) is 8.23. The van der Waals surface area contributed by atoms with Gasteiger partial charge in [0.1, 0.15) is 5.54 Å². The molecule has 2 atom stereocenters. The Morgan fingerprint density at radius 3 is 2.56 bits per heavy atom. The lowest BCUT2D eigenvalue weighted by molar-refractivity contribution is -0.148. The number of carbonyl (C=O) groups is 2. The molecule has 5 heteroatoms. The van der Waals surface area contributed by atoms with Crippen LogP contribution in [0.25, 0.3) is 10.8 Å². The van der Waals surface area contributed by atoms with Crippen LogP contribution in [0, 0.1) is 0 Å². The maximum atomic E-state index is 12.3. The zero-order valence-corrected chi connectivity index (χ0v) is 14.5. The second-order valence-corrected chi connectivity index (χ2v) is 6.20. The monoisotopic (exact) mass is 339 g/mol. The van der Waals surface area contributed by atoms with Crippen LogP contribution in [-0.2, 0) is 19.1 Å². The average molecular weight is 339 g/mol. The average Bonchev–Trinajstić information content (AvgIpc) is 3.00. The molecule has 0 fully saturated rings. The van der Waals surface area contributed by atoms with Crippen molar-refractivity contribution in [3.8, 4) is 0 Å². The molecule has 0 amide bonds. The summed E-state index contributed by atoms with van der Waals surface area (Å²) in [5.41, 5.74) is 0.229. The molecule has 1 heterocycles. The van der Waals surface area contributed by atoms with Crippen LogP contribution < -0.4 is 5.32 Å². The minimum atomic E-state index is -1.07. The third kappa shape index (κ3) is 3.15.